The Balaban J connectivity index is 1.74. The van der Waals surface area contributed by atoms with Crippen LogP contribution in [0.25, 0.3) is 0 Å². The van der Waals surface area contributed by atoms with Gasteiger partial charge >= 0.3 is 0 Å². The number of aromatic nitrogens is 3. The van der Waals surface area contributed by atoms with Gasteiger partial charge < -0.3 is 4.57 Å². The van der Waals surface area contributed by atoms with Crippen molar-refractivity contribution in [3.05, 3.63) is 63.7 Å². The molecule has 3 rings (SSSR count). The molecule has 0 spiro atoms. The fourth-order valence-corrected chi connectivity index (χ4v) is 4.34. The van der Waals surface area contributed by atoms with Crippen LogP contribution in [-0.2, 0) is 6.54 Å². The SMILES string of the molecule is Cc1nnc(SCC(=O)c2cc(C)n(Cc3ccc(F)cc3)c2C)s1. The summed E-state index contributed by atoms with van der Waals surface area (Å²) in [6.07, 6.45) is 0. The molecule has 7 heteroatoms. The van der Waals surface area contributed by atoms with Crippen molar-refractivity contribution in [1.29, 1.82) is 0 Å². The number of rotatable bonds is 6. The second kappa shape index (κ2) is 7.49. The van der Waals surface area contributed by atoms with E-state index in [-0.39, 0.29) is 11.6 Å². The Hall–Kier alpha value is -1.99. The lowest BCUT2D eigenvalue weighted by Gasteiger charge is -2.10. The highest BCUT2D eigenvalue weighted by atomic mass is 32.2. The van der Waals surface area contributed by atoms with Gasteiger partial charge in [0.15, 0.2) is 10.1 Å². The molecule has 130 valence electrons. The van der Waals surface area contributed by atoms with Crippen molar-refractivity contribution in [1.82, 2.24) is 14.8 Å². The van der Waals surface area contributed by atoms with E-state index in [0.717, 1.165) is 31.9 Å². The number of hydrogen-bond donors (Lipinski definition) is 0. The van der Waals surface area contributed by atoms with Crippen LogP contribution in [0.4, 0.5) is 4.39 Å². The van der Waals surface area contributed by atoms with E-state index in [1.807, 2.05) is 26.8 Å². The van der Waals surface area contributed by atoms with E-state index < -0.39 is 0 Å². The molecule has 0 fully saturated rings. The molecule has 0 saturated carbocycles. The second-order valence-electron chi connectivity index (χ2n) is 5.80. The zero-order valence-corrected chi connectivity index (χ0v) is 15.9. The van der Waals surface area contributed by atoms with Crippen molar-refractivity contribution in [3.63, 3.8) is 0 Å². The zero-order chi connectivity index (χ0) is 18.0. The Kier molecular flexibility index (Phi) is 5.34. The Labute approximate surface area is 154 Å². The first kappa shape index (κ1) is 17.8. The molecule has 0 amide bonds. The Bertz CT molecular complexity index is 900. The highest BCUT2D eigenvalue weighted by Crippen LogP contribution is 2.24. The van der Waals surface area contributed by atoms with Crippen LogP contribution in [0.3, 0.4) is 0 Å². The van der Waals surface area contributed by atoms with Gasteiger partial charge in [-0.1, -0.05) is 35.2 Å². The van der Waals surface area contributed by atoms with Crippen molar-refractivity contribution >= 4 is 28.9 Å². The zero-order valence-electron chi connectivity index (χ0n) is 14.2. The number of halogens is 1. The average molecular weight is 375 g/mol. The molecule has 0 atom stereocenters. The number of thioether (sulfide) groups is 1. The van der Waals surface area contributed by atoms with E-state index >= 15 is 0 Å². The van der Waals surface area contributed by atoms with E-state index in [4.69, 9.17) is 0 Å². The molecule has 0 aliphatic heterocycles. The standard InChI is InChI=1S/C18H18FN3OS2/c1-11-8-16(17(23)10-24-18-21-20-13(3)25-18)12(2)22(11)9-14-4-6-15(19)7-5-14/h4-8H,9-10H2,1-3H3. The van der Waals surface area contributed by atoms with Gasteiger partial charge in [0.05, 0.1) is 5.75 Å². The molecule has 0 saturated heterocycles. The van der Waals surface area contributed by atoms with E-state index in [0.29, 0.717) is 12.3 Å². The first-order valence-corrected chi connectivity index (χ1v) is 9.61. The maximum atomic E-state index is 13.1. The van der Waals surface area contributed by atoms with Crippen LogP contribution in [0.5, 0.6) is 0 Å². The molecule has 2 heterocycles. The van der Waals surface area contributed by atoms with Gasteiger partial charge in [0.25, 0.3) is 0 Å². The fraction of sp³-hybridized carbons (Fsp3) is 0.278. The van der Waals surface area contributed by atoms with E-state index in [1.54, 1.807) is 12.1 Å². The third kappa shape index (κ3) is 4.16. The van der Waals surface area contributed by atoms with Crippen molar-refractivity contribution in [2.45, 2.75) is 31.7 Å². The minimum atomic E-state index is -0.246. The largest absolute Gasteiger partial charge is 0.344 e. The fourth-order valence-electron chi connectivity index (χ4n) is 2.64. The van der Waals surface area contributed by atoms with Crippen LogP contribution in [0.15, 0.2) is 34.7 Å². The molecule has 4 nitrogen and oxygen atoms in total. The predicted molar refractivity (Wildman–Crippen MR) is 99.1 cm³/mol. The van der Waals surface area contributed by atoms with Crippen molar-refractivity contribution in [3.8, 4) is 0 Å². The first-order valence-electron chi connectivity index (χ1n) is 7.81. The number of nitrogens with zero attached hydrogens (tertiary/aromatic N) is 3. The molecule has 0 aliphatic carbocycles. The molecule has 1 aromatic carbocycles. The summed E-state index contributed by atoms with van der Waals surface area (Å²) in [6.45, 7) is 6.44. The third-order valence-corrected chi connectivity index (χ3v) is 5.93. The average Bonchev–Trinajstić information content (AvgIpc) is 3.12. The topological polar surface area (TPSA) is 47.8 Å². The summed E-state index contributed by atoms with van der Waals surface area (Å²) in [5.74, 6) is 0.177. The molecule has 3 aromatic rings. The maximum Gasteiger partial charge on any atom is 0.174 e. The Morgan fingerprint density at radius 1 is 1.20 bits per heavy atom. The van der Waals surface area contributed by atoms with Crippen molar-refractivity contribution in [2.75, 3.05) is 5.75 Å². The summed E-state index contributed by atoms with van der Waals surface area (Å²) in [4.78, 5) is 12.6. The minimum Gasteiger partial charge on any atom is -0.344 e. The van der Waals surface area contributed by atoms with Crippen molar-refractivity contribution in [2.24, 2.45) is 0 Å². The summed E-state index contributed by atoms with van der Waals surface area (Å²) in [7, 11) is 0. The molecular formula is C18H18FN3OS2. The van der Waals surface area contributed by atoms with Gasteiger partial charge in [-0.2, -0.15) is 0 Å². The summed E-state index contributed by atoms with van der Waals surface area (Å²) in [6, 6.07) is 8.37. The lowest BCUT2D eigenvalue weighted by molar-refractivity contribution is 0.102. The number of ketones is 1. The highest BCUT2D eigenvalue weighted by Gasteiger charge is 2.17. The molecule has 0 unspecified atom stereocenters. The van der Waals surface area contributed by atoms with Gasteiger partial charge in [-0.15, -0.1) is 10.2 Å². The maximum absolute atomic E-state index is 13.1. The number of hydrogen-bond acceptors (Lipinski definition) is 5. The number of Topliss-reactive ketones (excluding diaryl/α,β-unsaturated/α-hetero) is 1. The van der Waals surface area contributed by atoms with Crippen LogP contribution in [0.2, 0.25) is 0 Å². The summed E-state index contributed by atoms with van der Waals surface area (Å²) < 4.78 is 16.0. The molecule has 2 aromatic heterocycles. The monoisotopic (exact) mass is 375 g/mol. The van der Waals surface area contributed by atoms with Gasteiger partial charge in [-0.05, 0) is 44.5 Å². The van der Waals surface area contributed by atoms with Crippen LogP contribution in [0, 0.1) is 26.6 Å². The van der Waals surface area contributed by atoms with Crippen LogP contribution < -0.4 is 0 Å². The van der Waals surface area contributed by atoms with Gasteiger partial charge in [0.2, 0.25) is 0 Å². The summed E-state index contributed by atoms with van der Waals surface area (Å²) >= 11 is 2.91. The quantitative estimate of drug-likeness (QED) is 0.472. The van der Waals surface area contributed by atoms with Crippen LogP contribution >= 0.6 is 23.1 Å². The summed E-state index contributed by atoms with van der Waals surface area (Å²) in [5.41, 5.74) is 3.68. The molecule has 25 heavy (non-hydrogen) atoms. The lowest BCUT2D eigenvalue weighted by atomic mass is 10.2. The van der Waals surface area contributed by atoms with Gasteiger partial charge in [0, 0.05) is 23.5 Å². The van der Waals surface area contributed by atoms with Crippen LogP contribution in [-0.4, -0.2) is 26.3 Å². The first-order chi connectivity index (χ1) is 11.9. The minimum absolute atomic E-state index is 0.0799. The summed E-state index contributed by atoms with van der Waals surface area (Å²) in [5, 5.41) is 8.89. The number of aryl methyl sites for hydroxylation is 2. The molecule has 0 radical (unpaired) electrons. The van der Waals surface area contributed by atoms with E-state index in [2.05, 4.69) is 14.8 Å². The van der Waals surface area contributed by atoms with E-state index in [9.17, 15) is 9.18 Å². The van der Waals surface area contributed by atoms with E-state index in [1.165, 1.54) is 35.2 Å². The predicted octanol–water partition coefficient (Wildman–Crippen LogP) is 4.43. The smallest absolute Gasteiger partial charge is 0.174 e. The van der Waals surface area contributed by atoms with Crippen molar-refractivity contribution < 1.29 is 9.18 Å². The Morgan fingerprint density at radius 2 is 1.92 bits per heavy atom. The van der Waals surface area contributed by atoms with Gasteiger partial charge in [-0.3, -0.25) is 4.79 Å². The van der Waals surface area contributed by atoms with Gasteiger partial charge in [0.1, 0.15) is 10.8 Å². The number of benzene rings is 1. The normalized spacial score (nSPS) is 11.0. The number of carbonyl (C=O) groups excluding carboxylic acids is 1. The van der Waals surface area contributed by atoms with Gasteiger partial charge in [-0.25, -0.2) is 4.39 Å². The molecule has 0 N–H and O–H groups in total. The molecule has 0 bridgehead atoms. The number of carbonyl (C=O) groups is 1. The lowest BCUT2D eigenvalue weighted by Crippen LogP contribution is -2.07. The third-order valence-electron chi connectivity index (χ3n) is 3.96. The highest BCUT2D eigenvalue weighted by molar-refractivity contribution is 8.01. The second-order valence-corrected chi connectivity index (χ2v) is 8.20. The Morgan fingerprint density at radius 3 is 2.56 bits per heavy atom. The van der Waals surface area contributed by atoms with Crippen LogP contribution in [0.1, 0.15) is 32.3 Å². The molecular weight excluding hydrogens is 357 g/mol. The molecule has 0 aliphatic rings.